The fourth-order valence-corrected chi connectivity index (χ4v) is 2.85. The first-order valence-corrected chi connectivity index (χ1v) is 6.09. The van der Waals surface area contributed by atoms with E-state index in [1.807, 2.05) is 12.5 Å². The Balaban J connectivity index is -0.000000123. The van der Waals surface area contributed by atoms with Crippen molar-refractivity contribution in [2.75, 3.05) is 12.5 Å². The highest BCUT2D eigenvalue weighted by Gasteiger charge is 2.20. The number of rotatable bonds is 2. The fraction of sp³-hybridized carbons (Fsp3) is 0.625. The minimum atomic E-state index is 0. The van der Waals surface area contributed by atoms with Crippen molar-refractivity contribution in [3.63, 3.8) is 0 Å². The molecule has 0 saturated heterocycles. The van der Waals surface area contributed by atoms with Crippen molar-refractivity contribution < 1.29 is 15.1 Å². The molecule has 70 valence electrons. The summed E-state index contributed by atoms with van der Waals surface area (Å²) >= 11 is 3.39. The molecule has 0 N–H and O–H groups in total. The van der Waals surface area contributed by atoms with Crippen LogP contribution in [0.5, 0.6) is 0 Å². The lowest BCUT2D eigenvalue weighted by Crippen LogP contribution is -1.93. The summed E-state index contributed by atoms with van der Waals surface area (Å²) in [6.07, 6.45) is 6.88. The molecule has 0 aromatic heterocycles. The molecule has 1 rings (SSSR count). The van der Waals surface area contributed by atoms with Gasteiger partial charge in [-0.2, -0.15) is 0 Å². The van der Waals surface area contributed by atoms with Crippen molar-refractivity contribution in [2.24, 2.45) is 0 Å². The molecule has 0 amide bonds. The Bertz CT molecular complexity index is 208. The molecule has 1 fully saturated rings. The molecule has 3 heteroatoms. The number of carbonyl (C=O) groups is 1. The van der Waals surface area contributed by atoms with Gasteiger partial charge in [0.2, 0.25) is 0 Å². The molecule has 0 aromatic rings. The topological polar surface area (TPSA) is 17.1 Å². The molecule has 1 saturated carbocycles. The standard InChI is InChI=1S/C8H12OS2.4H2/c1-10-8(11-2)6-4-3-5-7(6)9;;;;/h3-5H2,1-2H3;4*1H/i;3*1+2T;1+2. The predicted molar refractivity (Wildman–Crippen MR) is 61.4 cm³/mol. The molecule has 0 aromatic carbocycles. The summed E-state index contributed by atoms with van der Waals surface area (Å²) in [6, 6.07) is 0. The number of hydrogen-bond acceptors (Lipinski definition) is 3. The Labute approximate surface area is 86.7 Å². The van der Waals surface area contributed by atoms with Crippen LogP contribution in [0.3, 0.4) is 0 Å². The number of carbonyl (C=O) groups excluding carboxylic acids is 1. The Hall–Kier alpha value is 0.110. The molecular formula is C8H20OS2. The zero-order valence-electron chi connectivity index (χ0n) is 12.8. The van der Waals surface area contributed by atoms with Gasteiger partial charge in [-0.05, 0) is 25.4 Å². The van der Waals surface area contributed by atoms with Crippen LogP contribution in [0.1, 0.15) is 29.6 Å². The molecule has 0 bridgehead atoms. The summed E-state index contributed by atoms with van der Waals surface area (Å²) in [7, 11) is 0. The van der Waals surface area contributed by atoms with Crippen LogP contribution in [0, 0.1) is 0 Å². The van der Waals surface area contributed by atoms with Gasteiger partial charge in [-0.15, -0.1) is 23.5 Å². The van der Waals surface area contributed by atoms with Gasteiger partial charge in [0, 0.05) is 26.6 Å². The van der Waals surface area contributed by atoms with E-state index in [1.165, 1.54) is 4.24 Å². The average Bonchev–Trinajstić information content (AvgIpc) is 2.85. The third-order valence-electron chi connectivity index (χ3n) is 1.78. The quantitative estimate of drug-likeness (QED) is 0.648. The van der Waals surface area contributed by atoms with Gasteiger partial charge >= 0.3 is 0 Å². The lowest BCUT2D eigenvalue weighted by Gasteiger charge is -2.02. The second kappa shape index (κ2) is 4.21. The van der Waals surface area contributed by atoms with E-state index < -0.39 is 0 Å². The third-order valence-corrected chi connectivity index (χ3v) is 4.02. The lowest BCUT2D eigenvalue weighted by atomic mass is 10.2. The van der Waals surface area contributed by atoms with Crippen LogP contribution in [0.2, 0.25) is 0 Å². The van der Waals surface area contributed by atoms with Gasteiger partial charge in [0.05, 0.1) is 0 Å². The summed E-state index contributed by atoms with van der Waals surface area (Å²) in [5.74, 6) is 0.365. The largest absolute Gasteiger partial charge is 0.294 e. The molecule has 1 nitrogen and oxygen atoms in total. The molecule has 0 atom stereocenters. The SMILES string of the molecule is CSC(SC)=C1CCCC1=O.[3HH].[3H][3H].[3H][3H].[3H][3H]. The van der Waals surface area contributed by atoms with Crippen molar-refractivity contribution in [1.82, 2.24) is 0 Å². The molecule has 11 heavy (non-hydrogen) atoms. The van der Waals surface area contributed by atoms with Crippen molar-refractivity contribution in [1.29, 1.82) is 0 Å². The highest BCUT2D eigenvalue weighted by molar-refractivity contribution is 8.21. The van der Waals surface area contributed by atoms with Crippen molar-refractivity contribution in [2.45, 2.75) is 19.3 Å². The van der Waals surface area contributed by atoms with Crippen molar-refractivity contribution >= 4 is 29.3 Å². The highest BCUT2D eigenvalue weighted by Crippen LogP contribution is 2.34. The van der Waals surface area contributed by atoms with Crippen molar-refractivity contribution in [3.05, 3.63) is 9.81 Å². The van der Waals surface area contributed by atoms with Crippen LogP contribution in [-0.4, -0.2) is 18.3 Å². The van der Waals surface area contributed by atoms with E-state index in [9.17, 15) is 4.79 Å². The maximum atomic E-state index is 11.2. The van der Waals surface area contributed by atoms with Crippen LogP contribution in [0.4, 0.5) is 0 Å². The number of Topliss-reactive ketones (excluding diaryl/α,β-unsaturated/α-hetero) is 1. The summed E-state index contributed by atoms with van der Waals surface area (Å²) in [5, 5.41) is 0. The average molecular weight is 210 g/mol. The number of hydrogen-bond donors (Lipinski definition) is 0. The monoisotopic (exact) mass is 210 g/mol. The van der Waals surface area contributed by atoms with E-state index >= 15 is 0 Å². The molecule has 0 spiro atoms. The van der Waals surface area contributed by atoms with Crippen LogP contribution in [-0.2, 0) is 4.79 Å². The maximum absolute atomic E-state index is 11.2. The summed E-state index contributed by atoms with van der Waals surface area (Å²) in [6.45, 7) is 0. The summed E-state index contributed by atoms with van der Waals surface area (Å²) in [4.78, 5) is 11.2. The maximum Gasteiger partial charge on any atom is 0.160 e. The van der Waals surface area contributed by atoms with E-state index in [2.05, 4.69) is 0 Å². The number of allylic oxidation sites excluding steroid dienone is 1. The molecule has 0 radical (unpaired) electrons. The first-order valence-electron chi connectivity index (χ1n) is 6.64. The lowest BCUT2D eigenvalue weighted by molar-refractivity contribution is -0.114. The molecule has 0 heterocycles. The van der Waals surface area contributed by atoms with Crippen LogP contribution >= 0.6 is 23.5 Å². The predicted octanol–water partition coefficient (Wildman–Crippen LogP) is 3.66. The Morgan fingerprint density at radius 3 is 2.45 bits per heavy atom. The zero-order chi connectivity index (χ0) is 14.3. The molecular weight excluding hydrogens is 176 g/mol. The first kappa shape index (κ1) is 5.70. The van der Waals surface area contributed by atoms with E-state index in [1.54, 1.807) is 23.5 Å². The van der Waals surface area contributed by atoms with E-state index in [4.69, 9.17) is 8.91 Å². The van der Waals surface area contributed by atoms with E-state index in [0.717, 1.165) is 24.8 Å². The van der Waals surface area contributed by atoms with Gasteiger partial charge in [-0.25, -0.2) is 0 Å². The second-order valence-electron chi connectivity index (χ2n) is 2.45. The van der Waals surface area contributed by atoms with Gasteiger partial charge in [-0.3, -0.25) is 4.79 Å². The molecule has 1 aliphatic carbocycles. The highest BCUT2D eigenvalue weighted by atomic mass is 32.2. The van der Waals surface area contributed by atoms with Crippen LogP contribution in [0.15, 0.2) is 9.81 Å². The van der Waals surface area contributed by atoms with Crippen LogP contribution < -0.4 is 0 Å². The summed E-state index contributed by atoms with van der Waals surface area (Å²) in [5.41, 5.74) is 1.07. The van der Waals surface area contributed by atoms with Crippen LogP contribution in [0.25, 0.3) is 0 Å². The van der Waals surface area contributed by atoms with Gasteiger partial charge in [0.1, 0.15) is 0 Å². The van der Waals surface area contributed by atoms with Gasteiger partial charge in [0.25, 0.3) is 0 Å². The van der Waals surface area contributed by atoms with E-state index in [0.29, 0.717) is 5.78 Å². The Morgan fingerprint density at radius 1 is 1.45 bits per heavy atom. The fourth-order valence-electron chi connectivity index (χ4n) is 1.26. The molecule has 1 aliphatic rings. The zero-order valence-corrected chi connectivity index (χ0v) is 8.48. The summed E-state index contributed by atoms with van der Waals surface area (Å²) < 4.78 is 31.2. The van der Waals surface area contributed by atoms with Gasteiger partial charge in [-0.1, -0.05) is 0 Å². The molecule has 0 unspecified atom stereocenters. The minimum absolute atomic E-state index is 0. The third kappa shape index (κ3) is 2.03. The minimum Gasteiger partial charge on any atom is -0.294 e. The number of ketones is 1. The smallest absolute Gasteiger partial charge is 0.160 e. The van der Waals surface area contributed by atoms with E-state index in [-0.39, 0.29) is 1.43 Å². The Morgan fingerprint density at radius 2 is 2.09 bits per heavy atom. The molecule has 0 aliphatic heterocycles. The Kier molecular flexibility index (Phi) is 2.19. The van der Waals surface area contributed by atoms with Crippen molar-refractivity contribution in [3.8, 4) is 0 Å². The van der Waals surface area contributed by atoms with Gasteiger partial charge < -0.3 is 0 Å². The number of thioether (sulfide) groups is 2. The first-order chi connectivity index (χ1) is 8.29. The normalized spacial score (nSPS) is 19.8. The second-order valence-corrected chi connectivity index (χ2v) is 4.34. The van der Waals surface area contributed by atoms with Gasteiger partial charge in [0.15, 0.2) is 5.78 Å².